The van der Waals surface area contributed by atoms with Crippen LogP contribution in [0.3, 0.4) is 0 Å². The summed E-state index contributed by atoms with van der Waals surface area (Å²) < 4.78 is 19.2. The third-order valence-electron chi connectivity index (χ3n) is 6.58. The van der Waals surface area contributed by atoms with Gasteiger partial charge < -0.3 is 20.7 Å². The average Bonchev–Trinajstić information content (AvgIpc) is 3.73. The second-order valence-electron chi connectivity index (χ2n) is 9.20. The summed E-state index contributed by atoms with van der Waals surface area (Å²) in [7, 11) is 1.58. The molecule has 0 aliphatic heterocycles. The molecule has 3 N–H and O–H groups in total. The molecule has 3 amide bonds. The van der Waals surface area contributed by atoms with Crippen LogP contribution in [-0.2, 0) is 9.59 Å². The normalized spacial score (nSPS) is 13.4. The molecular weight excluding hydrogens is 487 g/mol. The van der Waals surface area contributed by atoms with Crippen molar-refractivity contribution in [3.8, 4) is 11.5 Å². The highest BCUT2D eigenvalue weighted by atomic mass is 19.1. The number of aryl methyl sites for hydroxylation is 1. The molecular formula is C29H25FN4O4. The van der Waals surface area contributed by atoms with Crippen molar-refractivity contribution in [3.63, 3.8) is 0 Å². The highest BCUT2D eigenvalue weighted by molar-refractivity contribution is 6.16. The van der Waals surface area contributed by atoms with Crippen molar-refractivity contribution in [1.82, 2.24) is 10.3 Å². The number of carbonyl (C=O) groups excluding carboxylic acids is 3. The Labute approximate surface area is 218 Å². The van der Waals surface area contributed by atoms with Gasteiger partial charge in [0.05, 0.1) is 5.52 Å². The Kier molecular flexibility index (Phi) is 6.50. The molecule has 0 radical (unpaired) electrons. The summed E-state index contributed by atoms with van der Waals surface area (Å²) in [5, 5.41) is 8.89. The summed E-state index contributed by atoms with van der Waals surface area (Å²) in [6, 6.07) is 17.6. The average molecular weight is 513 g/mol. The zero-order valence-electron chi connectivity index (χ0n) is 20.8. The third kappa shape index (κ3) is 4.90. The maximum atomic E-state index is 13.1. The molecule has 1 aliphatic rings. The lowest BCUT2D eigenvalue weighted by Gasteiger charge is -2.16. The first-order valence-electron chi connectivity index (χ1n) is 12.1. The minimum atomic E-state index is -1.15. The van der Waals surface area contributed by atoms with Crippen molar-refractivity contribution in [3.05, 3.63) is 89.9 Å². The number of amides is 3. The summed E-state index contributed by atoms with van der Waals surface area (Å²) in [5.41, 5.74) is 1.78. The lowest BCUT2D eigenvalue weighted by atomic mass is 10.0. The molecule has 1 fully saturated rings. The van der Waals surface area contributed by atoms with E-state index >= 15 is 0 Å². The van der Waals surface area contributed by atoms with E-state index in [1.54, 1.807) is 49.6 Å². The summed E-state index contributed by atoms with van der Waals surface area (Å²) in [6.07, 6.45) is 2.48. The number of nitrogens with zero attached hydrogens (tertiary/aromatic N) is 1. The van der Waals surface area contributed by atoms with Crippen molar-refractivity contribution >= 4 is 40.0 Å². The molecule has 8 nitrogen and oxygen atoms in total. The Morgan fingerprint density at radius 3 is 2.08 bits per heavy atom. The predicted octanol–water partition coefficient (Wildman–Crippen LogP) is 5.19. The lowest BCUT2D eigenvalue weighted by molar-refractivity contribution is -0.131. The molecule has 38 heavy (non-hydrogen) atoms. The quantitative estimate of drug-likeness (QED) is 0.295. The Morgan fingerprint density at radius 1 is 0.895 bits per heavy atom. The number of fused-ring (bicyclic) bond motifs is 1. The van der Waals surface area contributed by atoms with Crippen LogP contribution >= 0.6 is 0 Å². The molecule has 5 rings (SSSR count). The van der Waals surface area contributed by atoms with E-state index in [9.17, 15) is 18.8 Å². The van der Waals surface area contributed by atoms with Gasteiger partial charge in [-0.05, 0) is 92.1 Å². The molecule has 0 unspecified atom stereocenters. The highest BCUT2D eigenvalue weighted by Gasteiger charge is 2.56. The number of halogens is 1. The Balaban J connectivity index is 1.27. The number of hydrogen-bond acceptors (Lipinski definition) is 5. The van der Waals surface area contributed by atoms with Crippen LogP contribution in [0.25, 0.3) is 10.9 Å². The minimum Gasteiger partial charge on any atom is -0.457 e. The first kappa shape index (κ1) is 24.9. The number of benzene rings is 3. The second-order valence-corrected chi connectivity index (χ2v) is 9.20. The van der Waals surface area contributed by atoms with Crippen LogP contribution in [0.15, 0.2) is 72.9 Å². The zero-order chi connectivity index (χ0) is 26.9. The van der Waals surface area contributed by atoms with Crippen LogP contribution in [0.5, 0.6) is 11.5 Å². The molecule has 4 aromatic rings. The van der Waals surface area contributed by atoms with E-state index in [4.69, 9.17) is 4.74 Å². The Morgan fingerprint density at radius 2 is 1.50 bits per heavy atom. The highest BCUT2D eigenvalue weighted by Crippen LogP contribution is 2.47. The fourth-order valence-corrected chi connectivity index (χ4v) is 4.19. The molecule has 9 heteroatoms. The van der Waals surface area contributed by atoms with Gasteiger partial charge in [-0.1, -0.05) is 0 Å². The van der Waals surface area contributed by atoms with E-state index in [-0.39, 0.29) is 5.91 Å². The number of aromatic nitrogens is 1. The molecule has 1 saturated carbocycles. The number of hydrogen-bond donors (Lipinski definition) is 3. The fourth-order valence-electron chi connectivity index (χ4n) is 4.19. The first-order chi connectivity index (χ1) is 18.3. The van der Waals surface area contributed by atoms with Crippen LogP contribution in [0.2, 0.25) is 0 Å². The van der Waals surface area contributed by atoms with Gasteiger partial charge in [0, 0.05) is 35.6 Å². The third-order valence-corrected chi connectivity index (χ3v) is 6.58. The van der Waals surface area contributed by atoms with Gasteiger partial charge in [0.1, 0.15) is 22.7 Å². The molecule has 1 heterocycles. The summed E-state index contributed by atoms with van der Waals surface area (Å²) >= 11 is 0. The van der Waals surface area contributed by atoms with Gasteiger partial charge in [0.2, 0.25) is 11.8 Å². The maximum Gasteiger partial charge on any atom is 0.251 e. The largest absolute Gasteiger partial charge is 0.457 e. The maximum absolute atomic E-state index is 13.1. The van der Waals surface area contributed by atoms with Gasteiger partial charge in [0.15, 0.2) is 0 Å². The molecule has 0 bridgehead atoms. The molecule has 192 valence electrons. The number of pyridine rings is 1. The number of carbonyl (C=O) groups is 3. The van der Waals surface area contributed by atoms with E-state index in [0.717, 1.165) is 10.9 Å². The Hall–Kier alpha value is -4.79. The van der Waals surface area contributed by atoms with E-state index in [1.165, 1.54) is 24.3 Å². The van der Waals surface area contributed by atoms with Crippen LogP contribution < -0.4 is 20.7 Å². The fraction of sp³-hybridized carbons (Fsp3) is 0.172. The molecule has 3 aromatic carbocycles. The van der Waals surface area contributed by atoms with Crippen molar-refractivity contribution in [2.75, 3.05) is 17.7 Å². The molecule has 1 aliphatic carbocycles. The SMILES string of the molecule is CNC(=O)c1cc2nccc(Oc3ccc(NC(=O)C4(C(=O)Nc5ccc(F)cc5)CC4)cc3)c2cc1C. The van der Waals surface area contributed by atoms with Gasteiger partial charge in [-0.2, -0.15) is 0 Å². The van der Waals surface area contributed by atoms with Crippen LogP contribution in [0, 0.1) is 18.2 Å². The van der Waals surface area contributed by atoms with E-state index < -0.39 is 23.0 Å². The van der Waals surface area contributed by atoms with Crippen LogP contribution in [0.1, 0.15) is 28.8 Å². The standard InChI is InChI=1S/C29H25FN4O4/c1-17-15-23-24(16-22(17)26(35)31-2)32-14-11-25(23)38-21-9-7-20(8-10-21)34-28(37)29(12-13-29)27(36)33-19-5-3-18(30)4-6-19/h3-11,14-16H,12-13H2,1-2H3,(H,31,35)(H,33,36)(H,34,37). The lowest BCUT2D eigenvalue weighted by Crippen LogP contribution is -2.35. The predicted molar refractivity (Wildman–Crippen MR) is 142 cm³/mol. The molecule has 1 aromatic heterocycles. The van der Waals surface area contributed by atoms with Crippen LogP contribution in [-0.4, -0.2) is 29.8 Å². The van der Waals surface area contributed by atoms with Crippen molar-refractivity contribution in [1.29, 1.82) is 0 Å². The zero-order valence-corrected chi connectivity index (χ0v) is 20.8. The molecule has 0 saturated heterocycles. The van der Waals surface area contributed by atoms with Crippen molar-refractivity contribution in [2.24, 2.45) is 5.41 Å². The number of rotatable bonds is 7. The van der Waals surface area contributed by atoms with E-state index in [0.29, 0.717) is 46.8 Å². The van der Waals surface area contributed by atoms with Gasteiger partial charge in [-0.25, -0.2) is 4.39 Å². The van der Waals surface area contributed by atoms with Crippen molar-refractivity contribution < 1.29 is 23.5 Å². The minimum absolute atomic E-state index is 0.184. The number of anilines is 2. The summed E-state index contributed by atoms with van der Waals surface area (Å²) in [4.78, 5) is 42.2. The summed E-state index contributed by atoms with van der Waals surface area (Å²) in [5.74, 6) is -0.284. The second kappa shape index (κ2) is 9.93. The smallest absolute Gasteiger partial charge is 0.251 e. The van der Waals surface area contributed by atoms with Crippen molar-refractivity contribution in [2.45, 2.75) is 19.8 Å². The van der Waals surface area contributed by atoms with Gasteiger partial charge in [-0.3, -0.25) is 19.4 Å². The number of ether oxygens (including phenoxy) is 1. The van der Waals surface area contributed by atoms with E-state index in [1.807, 2.05) is 13.0 Å². The molecule has 0 atom stereocenters. The summed E-state index contributed by atoms with van der Waals surface area (Å²) in [6.45, 7) is 1.85. The van der Waals surface area contributed by atoms with Gasteiger partial charge in [-0.15, -0.1) is 0 Å². The molecule has 0 spiro atoms. The van der Waals surface area contributed by atoms with Gasteiger partial charge >= 0.3 is 0 Å². The monoisotopic (exact) mass is 512 g/mol. The van der Waals surface area contributed by atoms with Crippen LogP contribution in [0.4, 0.5) is 15.8 Å². The Bertz CT molecular complexity index is 1550. The number of nitrogens with one attached hydrogen (secondary N) is 3. The van der Waals surface area contributed by atoms with Gasteiger partial charge in [0.25, 0.3) is 5.91 Å². The topological polar surface area (TPSA) is 109 Å². The first-order valence-corrected chi connectivity index (χ1v) is 12.1. The van der Waals surface area contributed by atoms with E-state index in [2.05, 4.69) is 20.9 Å².